The Kier molecular flexibility index (Phi) is 7.40. The molecular formula is C19H27NO5. The van der Waals surface area contributed by atoms with Gasteiger partial charge in [0.1, 0.15) is 0 Å². The summed E-state index contributed by atoms with van der Waals surface area (Å²) in [6.45, 7) is 7.08. The van der Waals surface area contributed by atoms with Crippen molar-refractivity contribution >= 4 is 11.9 Å². The Balaban J connectivity index is 1.79. The molecule has 1 amide bonds. The summed E-state index contributed by atoms with van der Waals surface area (Å²) in [5.74, 6) is -0.359. The minimum atomic E-state index is -0.773. The van der Waals surface area contributed by atoms with Gasteiger partial charge < -0.3 is 19.5 Å². The predicted octanol–water partition coefficient (Wildman–Crippen LogP) is 2.06. The summed E-state index contributed by atoms with van der Waals surface area (Å²) >= 11 is 0. The fourth-order valence-electron chi connectivity index (χ4n) is 2.63. The van der Waals surface area contributed by atoms with Crippen LogP contribution in [-0.2, 0) is 30.4 Å². The van der Waals surface area contributed by atoms with Gasteiger partial charge in [0.2, 0.25) is 0 Å². The largest absolute Gasteiger partial charge is 0.464 e. The molecule has 1 aliphatic rings. The number of hydrogen-bond acceptors (Lipinski definition) is 5. The lowest BCUT2D eigenvalue weighted by Crippen LogP contribution is -2.42. The number of hydrogen-bond donors (Lipinski definition) is 1. The molecular weight excluding hydrogens is 322 g/mol. The lowest BCUT2D eigenvalue weighted by molar-refractivity contribution is -0.144. The number of carbonyl (C=O) groups is 2. The zero-order valence-electron chi connectivity index (χ0n) is 15.1. The third-order valence-electron chi connectivity index (χ3n) is 3.80. The molecule has 1 aromatic carbocycles. The molecule has 6 nitrogen and oxygen atoms in total. The van der Waals surface area contributed by atoms with Crippen molar-refractivity contribution in [3.05, 3.63) is 35.9 Å². The lowest BCUT2D eigenvalue weighted by Gasteiger charge is -2.20. The van der Waals surface area contributed by atoms with E-state index < -0.39 is 18.2 Å². The molecule has 0 radical (unpaired) electrons. The van der Waals surface area contributed by atoms with Crippen LogP contribution in [0.2, 0.25) is 0 Å². The Bertz CT molecular complexity index is 560. The van der Waals surface area contributed by atoms with Gasteiger partial charge in [-0.25, -0.2) is 4.79 Å². The molecule has 0 spiro atoms. The van der Waals surface area contributed by atoms with Gasteiger partial charge in [-0.15, -0.1) is 0 Å². The summed E-state index contributed by atoms with van der Waals surface area (Å²) in [7, 11) is 0. The summed E-state index contributed by atoms with van der Waals surface area (Å²) in [5.41, 5.74) is 1.09. The Hall–Kier alpha value is -1.92. The molecule has 1 aliphatic heterocycles. The first-order chi connectivity index (χ1) is 12.0. The van der Waals surface area contributed by atoms with E-state index in [1.54, 1.807) is 6.92 Å². The van der Waals surface area contributed by atoms with Crippen LogP contribution in [0.5, 0.6) is 0 Å². The maximum absolute atomic E-state index is 12.3. The SMILES string of the molecule is CCOC(=O)[C@H]1O[C@@H]1C(=O)N[C@H](COCc1ccccc1)CC(C)C. The average Bonchev–Trinajstić information content (AvgIpc) is 3.36. The number of esters is 1. The van der Waals surface area contributed by atoms with Crippen molar-refractivity contribution in [1.82, 2.24) is 5.32 Å². The fraction of sp³-hybridized carbons (Fsp3) is 0.579. The molecule has 3 atom stereocenters. The van der Waals surface area contributed by atoms with Crippen LogP contribution in [0.4, 0.5) is 0 Å². The highest BCUT2D eigenvalue weighted by molar-refractivity contribution is 5.92. The second-order valence-corrected chi connectivity index (χ2v) is 6.57. The Morgan fingerprint density at radius 2 is 1.92 bits per heavy atom. The minimum Gasteiger partial charge on any atom is -0.464 e. The first-order valence-corrected chi connectivity index (χ1v) is 8.75. The number of rotatable bonds is 10. The molecule has 0 unspecified atom stereocenters. The van der Waals surface area contributed by atoms with Gasteiger partial charge in [0.25, 0.3) is 5.91 Å². The van der Waals surface area contributed by atoms with E-state index >= 15 is 0 Å². The number of nitrogens with one attached hydrogen (secondary N) is 1. The molecule has 0 bridgehead atoms. The zero-order valence-corrected chi connectivity index (χ0v) is 15.1. The van der Waals surface area contributed by atoms with Gasteiger partial charge in [-0.05, 0) is 24.8 Å². The van der Waals surface area contributed by atoms with E-state index in [-0.39, 0.29) is 18.6 Å². The smallest absolute Gasteiger partial charge is 0.338 e. The van der Waals surface area contributed by atoms with Crippen LogP contribution >= 0.6 is 0 Å². The van der Waals surface area contributed by atoms with Gasteiger partial charge in [0.05, 0.1) is 25.9 Å². The number of benzene rings is 1. The molecule has 0 aliphatic carbocycles. The summed E-state index contributed by atoms with van der Waals surface area (Å²) in [4.78, 5) is 23.8. The van der Waals surface area contributed by atoms with Gasteiger partial charge in [-0.3, -0.25) is 4.79 Å². The highest BCUT2D eigenvalue weighted by atomic mass is 16.6. The lowest BCUT2D eigenvalue weighted by atomic mass is 10.0. The molecule has 1 N–H and O–H groups in total. The molecule has 1 saturated heterocycles. The van der Waals surface area contributed by atoms with Crippen molar-refractivity contribution in [2.75, 3.05) is 13.2 Å². The topological polar surface area (TPSA) is 77.2 Å². The standard InChI is InChI=1S/C19H27NO5/c1-4-24-19(22)17-16(25-17)18(21)20-15(10-13(2)3)12-23-11-14-8-6-5-7-9-14/h5-9,13,15-17H,4,10-12H2,1-3H3,(H,20,21)/t15-,16-,17-/m0/s1. The second-order valence-electron chi connectivity index (χ2n) is 6.57. The number of epoxide rings is 1. The molecule has 138 valence electrons. The summed E-state index contributed by atoms with van der Waals surface area (Å²) < 4.78 is 15.8. The molecule has 1 aromatic rings. The van der Waals surface area contributed by atoms with Gasteiger partial charge in [0, 0.05) is 0 Å². The molecule has 1 heterocycles. The monoisotopic (exact) mass is 349 g/mol. The third-order valence-corrected chi connectivity index (χ3v) is 3.80. The van der Waals surface area contributed by atoms with E-state index in [2.05, 4.69) is 19.2 Å². The fourth-order valence-corrected chi connectivity index (χ4v) is 2.63. The summed E-state index contributed by atoms with van der Waals surface area (Å²) in [6, 6.07) is 9.76. The van der Waals surface area contributed by atoms with Crippen LogP contribution in [0.25, 0.3) is 0 Å². The van der Waals surface area contributed by atoms with Crippen molar-refractivity contribution in [2.45, 2.75) is 52.0 Å². The van der Waals surface area contributed by atoms with Crippen molar-refractivity contribution in [3.8, 4) is 0 Å². The molecule has 0 aromatic heterocycles. The highest BCUT2D eigenvalue weighted by Crippen LogP contribution is 2.24. The van der Waals surface area contributed by atoms with Crippen LogP contribution in [0.3, 0.4) is 0 Å². The Morgan fingerprint density at radius 3 is 2.56 bits per heavy atom. The Morgan fingerprint density at radius 1 is 1.20 bits per heavy atom. The van der Waals surface area contributed by atoms with Gasteiger partial charge in [-0.1, -0.05) is 44.2 Å². The highest BCUT2D eigenvalue weighted by Gasteiger charge is 2.51. The quantitative estimate of drug-likeness (QED) is 0.517. The van der Waals surface area contributed by atoms with E-state index in [4.69, 9.17) is 14.2 Å². The van der Waals surface area contributed by atoms with E-state index in [9.17, 15) is 9.59 Å². The van der Waals surface area contributed by atoms with Crippen molar-refractivity contribution in [3.63, 3.8) is 0 Å². The van der Waals surface area contributed by atoms with E-state index in [1.165, 1.54) is 0 Å². The summed E-state index contributed by atoms with van der Waals surface area (Å²) in [5, 5.41) is 2.93. The van der Waals surface area contributed by atoms with Crippen molar-refractivity contribution in [1.29, 1.82) is 0 Å². The van der Waals surface area contributed by atoms with Gasteiger partial charge in [0.15, 0.2) is 12.2 Å². The second kappa shape index (κ2) is 9.53. The van der Waals surface area contributed by atoms with E-state index in [1.807, 2.05) is 30.3 Å². The maximum atomic E-state index is 12.3. The van der Waals surface area contributed by atoms with Gasteiger partial charge in [-0.2, -0.15) is 0 Å². The normalized spacial score (nSPS) is 20.2. The molecule has 1 fully saturated rings. The van der Waals surface area contributed by atoms with Crippen LogP contribution in [0.1, 0.15) is 32.8 Å². The molecule has 2 rings (SSSR count). The third kappa shape index (κ3) is 6.48. The van der Waals surface area contributed by atoms with Crippen LogP contribution < -0.4 is 5.32 Å². The van der Waals surface area contributed by atoms with Crippen molar-refractivity contribution < 1.29 is 23.8 Å². The van der Waals surface area contributed by atoms with Crippen LogP contribution in [0, 0.1) is 5.92 Å². The van der Waals surface area contributed by atoms with Crippen LogP contribution in [0.15, 0.2) is 30.3 Å². The van der Waals surface area contributed by atoms with Crippen LogP contribution in [-0.4, -0.2) is 43.3 Å². The van der Waals surface area contributed by atoms with Gasteiger partial charge >= 0.3 is 5.97 Å². The Labute approximate surface area is 148 Å². The number of carbonyl (C=O) groups excluding carboxylic acids is 2. The molecule has 6 heteroatoms. The number of ether oxygens (including phenoxy) is 3. The van der Waals surface area contributed by atoms with E-state index in [0.29, 0.717) is 19.1 Å². The first kappa shape index (κ1) is 19.4. The first-order valence-electron chi connectivity index (χ1n) is 8.75. The molecule has 25 heavy (non-hydrogen) atoms. The average molecular weight is 349 g/mol. The summed E-state index contributed by atoms with van der Waals surface area (Å²) in [6.07, 6.45) is -0.732. The minimum absolute atomic E-state index is 0.122. The maximum Gasteiger partial charge on any atom is 0.338 e. The van der Waals surface area contributed by atoms with Crippen molar-refractivity contribution in [2.24, 2.45) is 5.92 Å². The van der Waals surface area contributed by atoms with E-state index in [0.717, 1.165) is 12.0 Å². The number of amides is 1. The molecule has 0 saturated carbocycles. The zero-order chi connectivity index (χ0) is 18.2. The predicted molar refractivity (Wildman–Crippen MR) is 92.8 cm³/mol.